The Labute approximate surface area is 182 Å². The van der Waals surface area contributed by atoms with Crippen LogP contribution in [0.3, 0.4) is 0 Å². The number of nitrogens with zero attached hydrogens (tertiary/aromatic N) is 4. The second-order valence-electron chi connectivity index (χ2n) is 8.38. The Balaban J connectivity index is 1.30. The molecule has 1 aliphatic rings. The number of piperazine rings is 1. The van der Waals surface area contributed by atoms with E-state index in [9.17, 15) is 4.79 Å². The minimum Gasteiger partial charge on any atom is -0.336 e. The Morgan fingerprint density at radius 3 is 2.58 bits per heavy atom. The first-order valence-electron chi connectivity index (χ1n) is 10.8. The number of aryl methyl sites for hydroxylation is 2. The Bertz CT molecular complexity index is 1270. The van der Waals surface area contributed by atoms with Gasteiger partial charge in [-0.05, 0) is 43.7 Å². The molecule has 1 aliphatic heterocycles. The average molecular weight is 411 g/mol. The number of benzene rings is 2. The third-order valence-corrected chi connectivity index (χ3v) is 6.16. The van der Waals surface area contributed by atoms with Crippen LogP contribution in [-0.2, 0) is 6.54 Å². The third kappa shape index (κ3) is 3.89. The molecule has 2 aromatic carbocycles. The Morgan fingerprint density at radius 2 is 1.74 bits per heavy atom. The van der Waals surface area contributed by atoms with Crippen molar-refractivity contribution in [1.82, 2.24) is 19.8 Å². The summed E-state index contributed by atoms with van der Waals surface area (Å²) in [5, 5.41) is 2.19. The van der Waals surface area contributed by atoms with Gasteiger partial charge in [-0.15, -0.1) is 0 Å². The van der Waals surface area contributed by atoms with Crippen LogP contribution in [0.5, 0.6) is 0 Å². The highest BCUT2D eigenvalue weighted by Crippen LogP contribution is 2.21. The largest absolute Gasteiger partial charge is 0.336 e. The van der Waals surface area contributed by atoms with Gasteiger partial charge in [0.1, 0.15) is 0 Å². The summed E-state index contributed by atoms with van der Waals surface area (Å²) in [4.78, 5) is 26.9. The van der Waals surface area contributed by atoms with E-state index in [4.69, 9.17) is 0 Å². The minimum absolute atomic E-state index is 0.0832. The van der Waals surface area contributed by atoms with Gasteiger partial charge in [0.05, 0.1) is 22.3 Å². The van der Waals surface area contributed by atoms with Crippen molar-refractivity contribution >= 4 is 27.7 Å². The molecule has 0 radical (unpaired) electrons. The van der Waals surface area contributed by atoms with Crippen LogP contribution < -0.4 is 0 Å². The van der Waals surface area contributed by atoms with Crippen LogP contribution in [0.25, 0.3) is 21.8 Å². The fourth-order valence-electron chi connectivity index (χ4n) is 4.42. The van der Waals surface area contributed by atoms with Gasteiger partial charge in [0.2, 0.25) is 0 Å². The molecule has 31 heavy (non-hydrogen) atoms. The molecule has 2 aromatic heterocycles. The van der Waals surface area contributed by atoms with Gasteiger partial charge in [-0.25, -0.2) is 0 Å². The second-order valence-corrected chi connectivity index (χ2v) is 8.38. The number of aromatic nitrogens is 2. The van der Waals surface area contributed by atoms with E-state index in [0.29, 0.717) is 5.56 Å². The number of carbonyl (C=O) groups is 1. The van der Waals surface area contributed by atoms with Gasteiger partial charge >= 0.3 is 0 Å². The lowest BCUT2D eigenvalue weighted by molar-refractivity contribution is 0.0628. The summed E-state index contributed by atoms with van der Waals surface area (Å²) in [6.07, 6.45) is 1.85. The van der Waals surface area contributed by atoms with Gasteiger partial charge < -0.3 is 4.90 Å². The van der Waals surface area contributed by atoms with E-state index in [0.717, 1.165) is 54.8 Å². The van der Waals surface area contributed by atoms with Gasteiger partial charge in [-0.2, -0.15) is 0 Å². The van der Waals surface area contributed by atoms with Crippen molar-refractivity contribution in [3.05, 3.63) is 83.2 Å². The molecule has 4 aromatic rings. The molecule has 5 nitrogen and oxygen atoms in total. The first-order valence-corrected chi connectivity index (χ1v) is 10.8. The normalized spacial score (nSPS) is 15.0. The topological polar surface area (TPSA) is 49.3 Å². The quantitative estimate of drug-likeness (QED) is 0.504. The third-order valence-electron chi connectivity index (χ3n) is 6.16. The lowest BCUT2D eigenvalue weighted by atomic mass is 10.1. The molecule has 1 amide bonds. The number of pyridine rings is 2. The first-order chi connectivity index (χ1) is 15.1. The van der Waals surface area contributed by atoms with Crippen molar-refractivity contribution in [2.45, 2.75) is 20.4 Å². The smallest absolute Gasteiger partial charge is 0.255 e. The summed E-state index contributed by atoms with van der Waals surface area (Å²) in [6.45, 7) is 8.00. The Morgan fingerprint density at radius 1 is 0.935 bits per heavy atom. The summed E-state index contributed by atoms with van der Waals surface area (Å²) >= 11 is 0. The highest BCUT2D eigenvalue weighted by molar-refractivity contribution is 5.98. The molecular weight excluding hydrogens is 384 g/mol. The number of amides is 1. The summed E-state index contributed by atoms with van der Waals surface area (Å²) in [5.74, 6) is 0.0832. The second kappa shape index (κ2) is 8.08. The number of hydrogen-bond donors (Lipinski definition) is 0. The summed E-state index contributed by atoms with van der Waals surface area (Å²) in [7, 11) is 0. The number of carbonyl (C=O) groups excluding carboxylic acids is 1. The molecule has 156 valence electrons. The molecule has 0 saturated carbocycles. The first kappa shape index (κ1) is 19.6. The molecule has 5 rings (SSSR count). The van der Waals surface area contributed by atoms with E-state index in [2.05, 4.69) is 58.2 Å². The van der Waals surface area contributed by atoms with Crippen LogP contribution >= 0.6 is 0 Å². The monoisotopic (exact) mass is 410 g/mol. The van der Waals surface area contributed by atoms with Crippen LogP contribution in [0.4, 0.5) is 0 Å². The van der Waals surface area contributed by atoms with Crippen molar-refractivity contribution in [3.8, 4) is 0 Å². The maximum atomic E-state index is 13.2. The van der Waals surface area contributed by atoms with Crippen LogP contribution in [-0.4, -0.2) is 51.9 Å². The molecule has 0 unspecified atom stereocenters. The standard InChI is InChI=1S/C26H26N4O/c1-18-8-9-24-22(15-18)16-23(19(2)28-24)26(31)30-13-11-29(12-14-30)17-21-6-3-5-20-7-4-10-27-25(20)21/h3-10,15-16H,11-14,17H2,1-2H3. The fourth-order valence-corrected chi connectivity index (χ4v) is 4.42. The lowest BCUT2D eigenvalue weighted by Crippen LogP contribution is -2.48. The summed E-state index contributed by atoms with van der Waals surface area (Å²) in [5.41, 5.74) is 5.93. The molecule has 0 N–H and O–H groups in total. The van der Waals surface area contributed by atoms with E-state index < -0.39 is 0 Å². The fraction of sp³-hybridized carbons (Fsp3) is 0.269. The molecule has 3 heterocycles. The minimum atomic E-state index is 0.0832. The number of hydrogen-bond acceptors (Lipinski definition) is 4. The van der Waals surface area contributed by atoms with Crippen LogP contribution in [0.1, 0.15) is 27.2 Å². The van der Waals surface area contributed by atoms with E-state index in [1.807, 2.05) is 36.2 Å². The van der Waals surface area contributed by atoms with Gasteiger partial charge in [0.15, 0.2) is 0 Å². The summed E-state index contributed by atoms with van der Waals surface area (Å²) < 4.78 is 0. The molecule has 0 aliphatic carbocycles. The van der Waals surface area contributed by atoms with Crippen molar-refractivity contribution in [2.75, 3.05) is 26.2 Å². The highest BCUT2D eigenvalue weighted by atomic mass is 16.2. The van der Waals surface area contributed by atoms with Crippen LogP contribution in [0.2, 0.25) is 0 Å². The molecular formula is C26H26N4O. The number of rotatable bonds is 3. The molecule has 0 spiro atoms. The molecule has 1 fully saturated rings. The van der Waals surface area contributed by atoms with Gasteiger partial charge in [0, 0.05) is 49.7 Å². The summed E-state index contributed by atoms with van der Waals surface area (Å²) in [6, 6.07) is 18.6. The predicted molar refractivity (Wildman–Crippen MR) is 124 cm³/mol. The zero-order valence-electron chi connectivity index (χ0n) is 18.0. The van der Waals surface area contributed by atoms with Crippen molar-refractivity contribution in [1.29, 1.82) is 0 Å². The zero-order chi connectivity index (χ0) is 21.4. The van der Waals surface area contributed by atoms with Crippen molar-refractivity contribution < 1.29 is 4.79 Å². The lowest BCUT2D eigenvalue weighted by Gasteiger charge is -2.35. The molecule has 0 atom stereocenters. The van der Waals surface area contributed by atoms with Crippen LogP contribution in [0.15, 0.2) is 60.8 Å². The van der Waals surface area contributed by atoms with Gasteiger partial charge in [-0.1, -0.05) is 35.9 Å². The Hall–Kier alpha value is -3.31. The maximum absolute atomic E-state index is 13.2. The van der Waals surface area contributed by atoms with E-state index in [1.165, 1.54) is 16.5 Å². The average Bonchev–Trinajstić information content (AvgIpc) is 2.79. The van der Waals surface area contributed by atoms with E-state index in [-0.39, 0.29) is 5.91 Å². The number of fused-ring (bicyclic) bond motifs is 2. The van der Waals surface area contributed by atoms with Gasteiger partial charge in [0.25, 0.3) is 5.91 Å². The van der Waals surface area contributed by atoms with Crippen LogP contribution in [0, 0.1) is 13.8 Å². The van der Waals surface area contributed by atoms with E-state index in [1.54, 1.807) is 0 Å². The van der Waals surface area contributed by atoms with Crippen molar-refractivity contribution in [2.24, 2.45) is 0 Å². The molecule has 0 bridgehead atoms. The molecule has 1 saturated heterocycles. The predicted octanol–water partition coefficient (Wildman–Crippen LogP) is 4.36. The zero-order valence-corrected chi connectivity index (χ0v) is 18.0. The number of para-hydroxylation sites is 1. The molecule has 5 heteroatoms. The highest BCUT2D eigenvalue weighted by Gasteiger charge is 2.24. The Kier molecular flexibility index (Phi) is 5.12. The van der Waals surface area contributed by atoms with Gasteiger partial charge in [-0.3, -0.25) is 19.7 Å². The SMILES string of the molecule is Cc1ccc2nc(C)c(C(=O)N3CCN(Cc4cccc5cccnc45)CC3)cc2c1. The van der Waals surface area contributed by atoms with Crippen molar-refractivity contribution in [3.63, 3.8) is 0 Å². The van der Waals surface area contributed by atoms with E-state index >= 15 is 0 Å². The maximum Gasteiger partial charge on any atom is 0.255 e.